The maximum atomic E-state index is 12.1. The Morgan fingerprint density at radius 3 is 3.04 bits per heavy atom. The second kappa shape index (κ2) is 5.54. The van der Waals surface area contributed by atoms with Crippen molar-refractivity contribution in [2.24, 2.45) is 11.8 Å². The largest absolute Gasteiger partial charge is 0.353 e. The van der Waals surface area contributed by atoms with Crippen molar-refractivity contribution in [2.75, 3.05) is 0 Å². The number of H-pyrrole nitrogens is 1. The van der Waals surface area contributed by atoms with Gasteiger partial charge in [-0.2, -0.15) is 0 Å². The molecule has 3 atom stereocenters. The summed E-state index contributed by atoms with van der Waals surface area (Å²) in [7, 11) is 0. The van der Waals surface area contributed by atoms with Crippen LogP contribution in [0.2, 0.25) is 0 Å². The van der Waals surface area contributed by atoms with E-state index < -0.39 is 0 Å². The second-order valence-electron chi connectivity index (χ2n) is 7.45. The van der Waals surface area contributed by atoms with Gasteiger partial charge in [0.05, 0.1) is 11.7 Å². The Hall–Kier alpha value is -2.44. The molecule has 3 aromatic rings. The smallest absolute Gasteiger partial charge is 0.223 e. The van der Waals surface area contributed by atoms with Gasteiger partial charge in [0.1, 0.15) is 5.82 Å². The number of hydrogen-bond acceptors (Lipinski definition) is 4. The molecule has 2 aliphatic carbocycles. The first-order chi connectivity index (χ1) is 12.2. The standard InChI is InChI=1S/C18H22N6O/c1-2-10-7-12(21-18(25)11-3-4-11)8-13(10)17-23-22-15-9-20-16-14(24(15)17)5-6-19-16/h5-6,9-13,19H,2-4,7-8H2,1H3,(H,21,25)/t10-,12+,13+/m0/s1. The molecule has 7 nitrogen and oxygen atoms in total. The molecule has 130 valence electrons. The highest BCUT2D eigenvalue weighted by atomic mass is 16.2. The summed E-state index contributed by atoms with van der Waals surface area (Å²) in [5.41, 5.74) is 2.64. The Balaban J connectivity index is 1.49. The molecular formula is C18H22N6O. The number of aromatic nitrogens is 5. The number of fused-ring (bicyclic) bond motifs is 3. The van der Waals surface area contributed by atoms with E-state index >= 15 is 0 Å². The minimum atomic E-state index is 0.240. The monoisotopic (exact) mass is 338 g/mol. The first-order valence-corrected chi connectivity index (χ1v) is 9.22. The highest BCUT2D eigenvalue weighted by Crippen LogP contribution is 2.42. The summed E-state index contributed by atoms with van der Waals surface area (Å²) in [6, 6.07) is 2.27. The molecule has 1 amide bonds. The zero-order valence-electron chi connectivity index (χ0n) is 14.3. The molecule has 0 saturated heterocycles. The van der Waals surface area contributed by atoms with E-state index in [9.17, 15) is 4.79 Å². The number of hydrogen-bond donors (Lipinski definition) is 2. The van der Waals surface area contributed by atoms with Crippen LogP contribution in [0.15, 0.2) is 18.5 Å². The zero-order valence-corrected chi connectivity index (χ0v) is 14.3. The Morgan fingerprint density at radius 2 is 2.24 bits per heavy atom. The number of aromatic amines is 1. The lowest BCUT2D eigenvalue weighted by Crippen LogP contribution is -2.34. The van der Waals surface area contributed by atoms with E-state index in [4.69, 9.17) is 0 Å². The van der Waals surface area contributed by atoms with E-state index in [1.54, 1.807) is 6.20 Å². The van der Waals surface area contributed by atoms with E-state index in [2.05, 4.69) is 36.8 Å². The molecule has 5 rings (SSSR count). The first kappa shape index (κ1) is 14.9. The van der Waals surface area contributed by atoms with Crippen LogP contribution in [0.25, 0.3) is 16.8 Å². The molecule has 25 heavy (non-hydrogen) atoms. The van der Waals surface area contributed by atoms with Crippen LogP contribution in [0.5, 0.6) is 0 Å². The molecule has 0 aromatic carbocycles. The first-order valence-electron chi connectivity index (χ1n) is 9.22. The van der Waals surface area contributed by atoms with Gasteiger partial charge in [-0.1, -0.05) is 13.3 Å². The Bertz CT molecular complexity index is 939. The van der Waals surface area contributed by atoms with Gasteiger partial charge in [0.15, 0.2) is 11.3 Å². The quantitative estimate of drug-likeness (QED) is 0.764. The zero-order chi connectivity index (χ0) is 17.0. The fourth-order valence-corrected chi connectivity index (χ4v) is 4.31. The van der Waals surface area contributed by atoms with Crippen molar-refractivity contribution in [2.45, 2.75) is 51.0 Å². The van der Waals surface area contributed by atoms with Gasteiger partial charge in [-0.3, -0.25) is 9.20 Å². The topological polar surface area (TPSA) is 88.0 Å². The van der Waals surface area contributed by atoms with Gasteiger partial charge in [-0.15, -0.1) is 10.2 Å². The minimum Gasteiger partial charge on any atom is -0.353 e. The van der Waals surface area contributed by atoms with Crippen molar-refractivity contribution in [3.8, 4) is 0 Å². The number of nitrogens with zero attached hydrogens (tertiary/aromatic N) is 4. The van der Waals surface area contributed by atoms with Crippen molar-refractivity contribution >= 4 is 22.7 Å². The average molecular weight is 338 g/mol. The summed E-state index contributed by atoms with van der Waals surface area (Å²) >= 11 is 0. The van der Waals surface area contributed by atoms with E-state index in [1.807, 2.05) is 12.3 Å². The lowest BCUT2D eigenvalue weighted by molar-refractivity contribution is -0.122. The molecule has 0 spiro atoms. The van der Waals surface area contributed by atoms with Crippen LogP contribution >= 0.6 is 0 Å². The molecule has 2 N–H and O–H groups in total. The fourth-order valence-electron chi connectivity index (χ4n) is 4.31. The number of rotatable bonds is 4. The molecular weight excluding hydrogens is 316 g/mol. The summed E-state index contributed by atoms with van der Waals surface area (Å²) in [6.07, 6.45) is 8.79. The van der Waals surface area contributed by atoms with Crippen LogP contribution in [-0.2, 0) is 4.79 Å². The molecule has 2 aliphatic rings. The van der Waals surface area contributed by atoms with Gasteiger partial charge >= 0.3 is 0 Å². The van der Waals surface area contributed by atoms with Crippen LogP contribution in [0.3, 0.4) is 0 Å². The van der Waals surface area contributed by atoms with Crippen molar-refractivity contribution in [1.82, 2.24) is 29.9 Å². The van der Waals surface area contributed by atoms with Crippen LogP contribution in [0.4, 0.5) is 0 Å². The third kappa shape index (κ3) is 2.41. The predicted molar refractivity (Wildman–Crippen MR) is 93.0 cm³/mol. The highest BCUT2D eigenvalue weighted by Gasteiger charge is 2.39. The maximum Gasteiger partial charge on any atom is 0.223 e. The summed E-state index contributed by atoms with van der Waals surface area (Å²) in [5, 5.41) is 12.1. The van der Waals surface area contributed by atoms with E-state index in [0.29, 0.717) is 11.8 Å². The van der Waals surface area contributed by atoms with Crippen molar-refractivity contribution in [3.63, 3.8) is 0 Å². The van der Waals surface area contributed by atoms with Gasteiger partial charge in [0.2, 0.25) is 5.91 Å². The maximum absolute atomic E-state index is 12.1. The third-order valence-electron chi connectivity index (χ3n) is 5.81. The van der Waals surface area contributed by atoms with E-state index in [1.165, 1.54) is 0 Å². The van der Waals surface area contributed by atoms with Gasteiger partial charge in [0.25, 0.3) is 0 Å². The van der Waals surface area contributed by atoms with Gasteiger partial charge in [-0.05, 0) is 37.7 Å². The summed E-state index contributed by atoms with van der Waals surface area (Å²) in [6.45, 7) is 2.22. The van der Waals surface area contributed by atoms with Crippen LogP contribution in [-0.4, -0.2) is 36.5 Å². The van der Waals surface area contributed by atoms with Crippen molar-refractivity contribution < 1.29 is 4.79 Å². The summed E-state index contributed by atoms with van der Waals surface area (Å²) in [5.74, 6) is 2.32. The summed E-state index contributed by atoms with van der Waals surface area (Å²) in [4.78, 5) is 19.7. The van der Waals surface area contributed by atoms with E-state index in [0.717, 1.165) is 54.7 Å². The molecule has 2 saturated carbocycles. The molecule has 3 heterocycles. The predicted octanol–water partition coefficient (Wildman–Crippen LogP) is 2.40. The van der Waals surface area contributed by atoms with Gasteiger partial charge in [0, 0.05) is 24.1 Å². The number of carbonyl (C=O) groups excluding carboxylic acids is 1. The normalized spacial score (nSPS) is 26.5. The van der Waals surface area contributed by atoms with Crippen LogP contribution in [0, 0.1) is 11.8 Å². The Labute approximate surface area is 145 Å². The number of amides is 1. The lowest BCUT2D eigenvalue weighted by Gasteiger charge is -2.15. The second-order valence-corrected chi connectivity index (χ2v) is 7.45. The molecule has 0 bridgehead atoms. The Kier molecular flexibility index (Phi) is 3.29. The third-order valence-corrected chi connectivity index (χ3v) is 5.81. The number of carbonyl (C=O) groups is 1. The highest BCUT2D eigenvalue weighted by molar-refractivity contribution is 5.81. The van der Waals surface area contributed by atoms with Gasteiger partial charge < -0.3 is 10.3 Å². The fraction of sp³-hybridized carbons (Fsp3) is 0.556. The SMILES string of the molecule is CC[C@H]1C[C@@H](NC(=O)C2CC2)C[C@H]1c1nnc2cnc3[nH]ccc3n12. The molecule has 3 aromatic heterocycles. The summed E-state index contributed by atoms with van der Waals surface area (Å²) < 4.78 is 2.12. The van der Waals surface area contributed by atoms with Crippen molar-refractivity contribution in [1.29, 1.82) is 0 Å². The van der Waals surface area contributed by atoms with Gasteiger partial charge in [-0.25, -0.2) is 4.98 Å². The molecule has 0 aliphatic heterocycles. The minimum absolute atomic E-state index is 0.240. The van der Waals surface area contributed by atoms with Crippen LogP contribution in [0.1, 0.15) is 50.8 Å². The number of nitrogens with one attached hydrogen (secondary N) is 2. The molecule has 7 heteroatoms. The Morgan fingerprint density at radius 1 is 1.36 bits per heavy atom. The average Bonchev–Trinajstić information content (AvgIpc) is 3.04. The van der Waals surface area contributed by atoms with Crippen LogP contribution < -0.4 is 5.32 Å². The molecule has 0 unspecified atom stereocenters. The lowest BCUT2D eigenvalue weighted by atomic mass is 9.93. The molecule has 0 radical (unpaired) electrons. The molecule has 2 fully saturated rings. The van der Waals surface area contributed by atoms with Crippen molar-refractivity contribution in [3.05, 3.63) is 24.3 Å². The van der Waals surface area contributed by atoms with E-state index in [-0.39, 0.29) is 17.9 Å².